The first-order chi connectivity index (χ1) is 15.1. The third-order valence-corrected chi connectivity index (χ3v) is 5.21. The Balaban J connectivity index is 1.44. The fraction of sp³-hybridized carbons (Fsp3) is 0.192. The van der Waals surface area contributed by atoms with Gasteiger partial charge in [0.15, 0.2) is 0 Å². The number of benzene rings is 2. The maximum absolute atomic E-state index is 12.7. The first kappa shape index (κ1) is 20.4. The predicted molar refractivity (Wildman–Crippen MR) is 122 cm³/mol. The first-order valence-electron chi connectivity index (χ1n) is 10.3. The van der Waals surface area contributed by atoms with Crippen LogP contribution < -0.4 is 10.2 Å². The summed E-state index contributed by atoms with van der Waals surface area (Å²) in [4.78, 5) is 30.9. The van der Waals surface area contributed by atoms with Crippen molar-refractivity contribution in [1.29, 1.82) is 0 Å². The van der Waals surface area contributed by atoms with Crippen LogP contribution in [-0.2, 0) is 4.79 Å². The van der Waals surface area contributed by atoms with E-state index in [1.807, 2.05) is 59.5 Å². The van der Waals surface area contributed by atoms with E-state index < -0.39 is 0 Å². The van der Waals surface area contributed by atoms with E-state index in [9.17, 15) is 9.59 Å². The third-order valence-electron chi connectivity index (χ3n) is 5.21. The number of piperidine rings is 1. The molecule has 0 aliphatic carbocycles. The van der Waals surface area contributed by atoms with Crippen LogP contribution in [-0.4, -0.2) is 23.3 Å². The zero-order valence-corrected chi connectivity index (χ0v) is 17.3. The van der Waals surface area contributed by atoms with Crippen LogP contribution in [0.3, 0.4) is 0 Å². The molecule has 31 heavy (non-hydrogen) atoms. The lowest BCUT2D eigenvalue weighted by atomic mass is 9.99. The lowest BCUT2D eigenvalue weighted by Crippen LogP contribution is -2.39. The highest BCUT2D eigenvalue weighted by Crippen LogP contribution is 2.25. The molecule has 2 aromatic carbocycles. The molecule has 0 radical (unpaired) electrons. The summed E-state index contributed by atoms with van der Waals surface area (Å²) in [5.41, 5.74) is 3.49. The van der Waals surface area contributed by atoms with Gasteiger partial charge in [-0.25, -0.2) is 4.98 Å². The number of rotatable bonds is 3. The van der Waals surface area contributed by atoms with E-state index in [-0.39, 0.29) is 11.8 Å². The van der Waals surface area contributed by atoms with Crippen molar-refractivity contribution in [2.75, 3.05) is 16.8 Å². The van der Waals surface area contributed by atoms with Gasteiger partial charge < -0.3 is 10.2 Å². The number of anilines is 2. The molecule has 1 fully saturated rings. The van der Waals surface area contributed by atoms with Crippen molar-refractivity contribution in [1.82, 2.24) is 4.98 Å². The molecular formula is C26H23N3O2. The summed E-state index contributed by atoms with van der Waals surface area (Å²) in [5.74, 6) is 6.47. The summed E-state index contributed by atoms with van der Waals surface area (Å²) in [5, 5.41) is 2.91. The standard InChI is InChI=1S/C26H23N3O2/c1-19-8-15-25(30)29(18-19)24-13-11-23(12-14-24)28-26(31)21-6-4-5-20(17-21)9-10-22-7-2-3-16-27-22/h2-7,11-14,16-17,19H,8,15,18H2,1H3,(H,28,31). The fourth-order valence-corrected chi connectivity index (χ4v) is 3.50. The number of amides is 2. The van der Waals surface area contributed by atoms with E-state index >= 15 is 0 Å². The quantitative estimate of drug-likeness (QED) is 0.648. The molecule has 2 heterocycles. The van der Waals surface area contributed by atoms with Gasteiger partial charge in [0.1, 0.15) is 5.69 Å². The van der Waals surface area contributed by atoms with Gasteiger partial charge in [0.05, 0.1) is 0 Å². The molecule has 4 rings (SSSR count). The Labute approximate surface area is 182 Å². The number of hydrogen-bond acceptors (Lipinski definition) is 3. The average Bonchev–Trinajstić information content (AvgIpc) is 2.81. The van der Waals surface area contributed by atoms with Crippen LogP contribution in [0.5, 0.6) is 0 Å². The highest BCUT2D eigenvalue weighted by molar-refractivity contribution is 6.04. The summed E-state index contributed by atoms with van der Waals surface area (Å²) in [6.07, 6.45) is 3.22. The van der Waals surface area contributed by atoms with Crippen molar-refractivity contribution in [3.63, 3.8) is 0 Å². The van der Waals surface area contributed by atoms with Gasteiger partial charge in [-0.15, -0.1) is 0 Å². The van der Waals surface area contributed by atoms with E-state index in [2.05, 4.69) is 29.1 Å². The molecule has 2 amide bonds. The highest BCUT2D eigenvalue weighted by atomic mass is 16.2. The lowest BCUT2D eigenvalue weighted by Gasteiger charge is -2.31. The second kappa shape index (κ2) is 9.27. The van der Waals surface area contributed by atoms with Gasteiger partial charge in [0.25, 0.3) is 5.91 Å². The molecular weight excluding hydrogens is 386 g/mol. The number of hydrogen-bond donors (Lipinski definition) is 1. The lowest BCUT2D eigenvalue weighted by molar-refractivity contribution is -0.120. The minimum absolute atomic E-state index is 0.151. The van der Waals surface area contributed by atoms with Crippen LogP contribution in [0.25, 0.3) is 0 Å². The second-order valence-corrected chi connectivity index (χ2v) is 7.69. The molecule has 0 bridgehead atoms. The van der Waals surface area contributed by atoms with Crippen LogP contribution >= 0.6 is 0 Å². The molecule has 1 aliphatic rings. The predicted octanol–water partition coefficient (Wildman–Crippen LogP) is 4.50. The van der Waals surface area contributed by atoms with Crippen molar-refractivity contribution in [2.45, 2.75) is 19.8 Å². The summed E-state index contributed by atoms with van der Waals surface area (Å²) >= 11 is 0. The number of nitrogens with zero attached hydrogens (tertiary/aromatic N) is 2. The largest absolute Gasteiger partial charge is 0.322 e. The van der Waals surface area contributed by atoms with Crippen LogP contribution in [0.4, 0.5) is 11.4 Å². The molecule has 154 valence electrons. The summed E-state index contributed by atoms with van der Waals surface area (Å²) in [6, 6.07) is 20.1. The van der Waals surface area contributed by atoms with Crippen LogP contribution in [0, 0.1) is 17.8 Å². The number of carbonyl (C=O) groups is 2. The van der Waals surface area contributed by atoms with Crippen molar-refractivity contribution in [2.24, 2.45) is 5.92 Å². The van der Waals surface area contributed by atoms with E-state index in [1.165, 1.54) is 0 Å². The fourth-order valence-electron chi connectivity index (χ4n) is 3.50. The van der Waals surface area contributed by atoms with Crippen LogP contribution in [0.1, 0.15) is 41.4 Å². The van der Waals surface area contributed by atoms with E-state index in [4.69, 9.17) is 0 Å². The van der Waals surface area contributed by atoms with Crippen molar-refractivity contribution < 1.29 is 9.59 Å². The first-order valence-corrected chi connectivity index (χ1v) is 10.3. The third kappa shape index (κ3) is 5.18. The molecule has 1 unspecified atom stereocenters. The molecule has 1 aromatic heterocycles. The smallest absolute Gasteiger partial charge is 0.255 e. The molecule has 1 N–H and O–H groups in total. The monoisotopic (exact) mass is 409 g/mol. The average molecular weight is 409 g/mol. The van der Waals surface area contributed by atoms with E-state index in [0.717, 1.165) is 24.2 Å². The van der Waals surface area contributed by atoms with Crippen LogP contribution in [0.15, 0.2) is 72.9 Å². The molecule has 1 aliphatic heterocycles. The summed E-state index contributed by atoms with van der Waals surface area (Å²) in [7, 11) is 0. The number of pyridine rings is 1. The maximum Gasteiger partial charge on any atom is 0.255 e. The Morgan fingerprint density at radius 2 is 1.90 bits per heavy atom. The van der Waals surface area contributed by atoms with Gasteiger partial charge >= 0.3 is 0 Å². The minimum atomic E-state index is -0.211. The summed E-state index contributed by atoms with van der Waals surface area (Å²) < 4.78 is 0. The Kier molecular flexibility index (Phi) is 6.09. The van der Waals surface area contributed by atoms with Gasteiger partial charge in [-0.2, -0.15) is 0 Å². The van der Waals surface area contributed by atoms with Crippen molar-refractivity contribution in [3.8, 4) is 11.8 Å². The normalized spacial score (nSPS) is 15.7. The maximum atomic E-state index is 12.7. The highest BCUT2D eigenvalue weighted by Gasteiger charge is 2.24. The summed E-state index contributed by atoms with van der Waals surface area (Å²) in [6.45, 7) is 2.89. The zero-order chi connectivity index (χ0) is 21.6. The molecule has 3 aromatic rings. The minimum Gasteiger partial charge on any atom is -0.322 e. The van der Waals surface area contributed by atoms with Crippen LogP contribution in [0.2, 0.25) is 0 Å². The van der Waals surface area contributed by atoms with Gasteiger partial charge in [-0.05, 0) is 72.9 Å². The molecule has 5 nitrogen and oxygen atoms in total. The Morgan fingerprint density at radius 3 is 2.68 bits per heavy atom. The van der Waals surface area contributed by atoms with Gasteiger partial charge in [0.2, 0.25) is 5.91 Å². The SMILES string of the molecule is CC1CCC(=O)N(c2ccc(NC(=O)c3cccc(C#Cc4ccccn4)c3)cc2)C1. The Bertz CT molecular complexity index is 1140. The molecule has 1 saturated heterocycles. The van der Waals surface area contributed by atoms with Gasteiger partial charge in [-0.1, -0.05) is 25.0 Å². The van der Waals surface area contributed by atoms with Crippen molar-refractivity contribution >= 4 is 23.2 Å². The van der Waals surface area contributed by atoms with E-state index in [1.54, 1.807) is 18.3 Å². The topological polar surface area (TPSA) is 62.3 Å². The number of aromatic nitrogens is 1. The Hall–Kier alpha value is -3.91. The van der Waals surface area contributed by atoms with Gasteiger partial charge in [0, 0.05) is 41.7 Å². The molecule has 5 heteroatoms. The molecule has 1 atom stereocenters. The zero-order valence-electron chi connectivity index (χ0n) is 17.3. The Morgan fingerprint density at radius 1 is 1.06 bits per heavy atom. The van der Waals surface area contributed by atoms with E-state index in [0.29, 0.717) is 29.3 Å². The molecule has 0 spiro atoms. The van der Waals surface area contributed by atoms with Crippen molar-refractivity contribution in [3.05, 3.63) is 89.7 Å². The van der Waals surface area contributed by atoms with Gasteiger partial charge in [-0.3, -0.25) is 9.59 Å². The molecule has 0 saturated carbocycles. The number of nitrogens with one attached hydrogen (secondary N) is 1. The second-order valence-electron chi connectivity index (χ2n) is 7.69. The number of carbonyl (C=O) groups excluding carboxylic acids is 2.